The number of benzene rings is 1. The third kappa shape index (κ3) is 5.87. The SMILES string of the molecule is O=C(/C=C/c1ccco1)NCCCSc1ccc(F)cc1. The lowest BCUT2D eigenvalue weighted by molar-refractivity contribution is -0.116. The minimum absolute atomic E-state index is 0.141. The summed E-state index contributed by atoms with van der Waals surface area (Å²) in [6.45, 7) is 0.607. The summed E-state index contributed by atoms with van der Waals surface area (Å²) in [6, 6.07) is 9.95. The Morgan fingerprint density at radius 1 is 1.29 bits per heavy atom. The van der Waals surface area contributed by atoms with Gasteiger partial charge < -0.3 is 9.73 Å². The van der Waals surface area contributed by atoms with Crippen LogP contribution in [0.2, 0.25) is 0 Å². The van der Waals surface area contributed by atoms with Gasteiger partial charge in [0.15, 0.2) is 0 Å². The minimum atomic E-state index is -0.227. The monoisotopic (exact) mass is 305 g/mol. The van der Waals surface area contributed by atoms with Gasteiger partial charge in [-0.15, -0.1) is 11.8 Å². The van der Waals surface area contributed by atoms with E-state index in [-0.39, 0.29) is 11.7 Å². The number of hydrogen-bond donors (Lipinski definition) is 1. The van der Waals surface area contributed by atoms with Crippen LogP contribution in [0.3, 0.4) is 0 Å². The van der Waals surface area contributed by atoms with Gasteiger partial charge in [0.25, 0.3) is 0 Å². The number of rotatable bonds is 7. The molecule has 1 aromatic heterocycles. The molecule has 0 saturated heterocycles. The molecule has 2 aromatic rings. The molecule has 1 heterocycles. The molecule has 21 heavy (non-hydrogen) atoms. The van der Waals surface area contributed by atoms with Gasteiger partial charge in [-0.05, 0) is 54.6 Å². The smallest absolute Gasteiger partial charge is 0.244 e. The second-order valence-electron chi connectivity index (χ2n) is 4.30. The molecule has 1 amide bonds. The van der Waals surface area contributed by atoms with Gasteiger partial charge in [-0.1, -0.05) is 0 Å². The van der Waals surface area contributed by atoms with Crippen molar-refractivity contribution in [2.45, 2.75) is 11.3 Å². The van der Waals surface area contributed by atoms with E-state index >= 15 is 0 Å². The number of carbonyl (C=O) groups excluding carboxylic acids is 1. The van der Waals surface area contributed by atoms with Gasteiger partial charge in [-0.2, -0.15) is 0 Å². The first-order valence-electron chi connectivity index (χ1n) is 6.62. The van der Waals surface area contributed by atoms with Crippen LogP contribution in [0, 0.1) is 5.82 Å². The van der Waals surface area contributed by atoms with E-state index in [2.05, 4.69) is 5.32 Å². The molecule has 0 spiro atoms. The van der Waals surface area contributed by atoms with Crippen LogP contribution in [0.5, 0.6) is 0 Å². The summed E-state index contributed by atoms with van der Waals surface area (Å²) in [7, 11) is 0. The van der Waals surface area contributed by atoms with E-state index in [9.17, 15) is 9.18 Å². The van der Waals surface area contributed by atoms with Crippen LogP contribution in [-0.2, 0) is 4.79 Å². The molecule has 0 atom stereocenters. The molecule has 110 valence electrons. The van der Waals surface area contributed by atoms with Gasteiger partial charge in [0, 0.05) is 17.5 Å². The summed E-state index contributed by atoms with van der Waals surface area (Å²) in [4.78, 5) is 12.5. The van der Waals surface area contributed by atoms with Crippen molar-refractivity contribution >= 4 is 23.7 Å². The average molecular weight is 305 g/mol. The number of carbonyl (C=O) groups is 1. The second-order valence-corrected chi connectivity index (χ2v) is 5.46. The average Bonchev–Trinajstić information content (AvgIpc) is 3.00. The Labute approximate surface area is 127 Å². The molecule has 0 aliphatic heterocycles. The quantitative estimate of drug-likeness (QED) is 0.481. The maximum Gasteiger partial charge on any atom is 0.244 e. The Morgan fingerprint density at radius 3 is 2.81 bits per heavy atom. The van der Waals surface area contributed by atoms with Gasteiger partial charge >= 0.3 is 0 Å². The van der Waals surface area contributed by atoms with E-state index in [1.54, 1.807) is 48.4 Å². The third-order valence-electron chi connectivity index (χ3n) is 2.64. The Kier molecular flexibility index (Phi) is 6.09. The summed E-state index contributed by atoms with van der Waals surface area (Å²) < 4.78 is 17.8. The Balaban J connectivity index is 1.59. The first-order valence-corrected chi connectivity index (χ1v) is 7.60. The zero-order valence-electron chi connectivity index (χ0n) is 11.4. The number of halogens is 1. The van der Waals surface area contributed by atoms with Crippen LogP contribution >= 0.6 is 11.8 Å². The zero-order valence-corrected chi connectivity index (χ0v) is 12.2. The standard InChI is InChI=1S/C16H16FNO2S/c17-13-4-7-15(8-5-13)21-12-2-10-18-16(19)9-6-14-3-1-11-20-14/h1,3-9,11H,2,10,12H2,(H,18,19)/b9-6+. The molecule has 0 fully saturated rings. The highest BCUT2D eigenvalue weighted by Crippen LogP contribution is 2.18. The highest BCUT2D eigenvalue weighted by Gasteiger charge is 1.98. The van der Waals surface area contributed by atoms with Crippen LogP contribution in [0.4, 0.5) is 4.39 Å². The number of furan rings is 1. The summed E-state index contributed by atoms with van der Waals surface area (Å²) in [5.74, 6) is 1.15. The first-order chi connectivity index (χ1) is 10.2. The van der Waals surface area contributed by atoms with Gasteiger partial charge in [-0.25, -0.2) is 4.39 Å². The second kappa shape index (κ2) is 8.32. The van der Waals surface area contributed by atoms with Gasteiger partial charge in [0.05, 0.1) is 6.26 Å². The predicted molar refractivity (Wildman–Crippen MR) is 82.5 cm³/mol. The predicted octanol–water partition coefficient (Wildman–Crippen LogP) is 3.73. The molecule has 1 N–H and O–H groups in total. The first kappa shape index (κ1) is 15.4. The molecular weight excluding hydrogens is 289 g/mol. The highest BCUT2D eigenvalue weighted by molar-refractivity contribution is 7.99. The molecule has 2 rings (SSSR count). The van der Waals surface area contributed by atoms with Crippen LogP contribution < -0.4 is 5.32 Å². The maximum absolute atomic E-state index is 12.7. The summed E-state index contributed by atoms with van der Waals surface area (Å²) in [5.41, 5.74) is 0. The zero-order chi connectivity index (χ0) is 14.9. The van der Waals surface area contributed by atoms with E-state index in [1.165, 1.54) is 18.2 Å². The fourth-order valence-corrected chi connectivity index (χ4v) is 2.46. The fraction of sp³-hybridized carbons (Fsp3) is 0.188. The fourth-order valence-electron chi connectivity index (χ4n) is 1.61. The van der Waals surface area contributed by atoms with Crippen molar-refractivity contribution in [2.75, 3.05) is 12.3 Å². The molecule has 0 saturated carbocycles. The van der Waals surface area contributed by atoms with E-state index < -0.39 is 0 Å². The van der Waals surface area contributed by atoms with Crippen molar-refractivity contribution in [2.24, 2.45) is 0 Å². The van der Waals surface area contributed by atoms with E-state index in [4.69, 9.17) is 4.42 Å². The molecule has 1 aromatic carbocycles. The number of thioether (sulfide) groups is 1. The molecule has 3 nitrogen and oxygen atoms in total. The van der Waals surface area contributed by atoms with E-state index in [0.717, 1.165) is 17.1 Å². The van der Waals surface area contributed by atoms with Crippen LogP contribution in [0.15, 0.2) is 58.1 Å². The molecule has 0 bridgehead atoms. The van der Waals surface area contributed by atoms with Crippen molar-refractivity contribution in [3.63, 3.8) is 0 Å². The van der Waals surface area contributed by atoms with Crippen molar-refractivity contribution in [3.05, 3.63) is 60.3 Å². The van der Waals surface area contributed by atoms with Crippen LogP contribution in [-0.4, -0.2) is 18.2 Å². The largest absolute Gasteiger partial charge is 0.465 e. The number of nitrogens with one attached hydrogen (secondary N) is 1. The number of hydrogen-bond acceptors (Lipinski definition) is 3. The lowest BCUT2D eigenvalue weighted by Gasteiger charge is -2.03. The Bertz CT molecular complexity index is 579. The topological polar surface area (TPSA) is 42.2 Å². The minimum Gasteiger partial charge on any atom is -0.465 e. The van der Waals surface area contributed by atoms with Gasteiger partial charge in [-0.3, -0.25) is 4.79 Å². The summed E-state index contributed by atoms with van der Waals surface area (Å²) in [5, 5.41) is 2.80. The van der Waals surface area contributed by atoms with Crippen molar-refractivity contribution < 1.29 is 13.6 Å². The lowest BCUT2D eigenvalue weighted by Crippen LogP contribution is -2.22. The molecule has 0 aliphatic carbocycles. The molecule has 0 unspecified atom stereocenters. The number of amides is 1. The Morgan fingerprint density at radius 2 is 2.10 bits per heavy atom. The van der Waals surface area contributed by atoms with Gasteiger partial charge in [0.1, 0.15) is 11.6 Å². The molecule has 0 radical (unpaired) electrons. The highest BCUT2D eigenvalue weighted by atomic mass is 32.2. The normalized spacial score (nSPS) is 10.9. The van der Waals surface area contributed by atoms with Gasteiger partial charge in [0.2, 0.25) is 5.91 Å². The van der Waals surface area contributed by atoms with E-state index in [1.807, 2.05) is 0 Å². The molecule has 5 heteroatoms. The van der Waals surface area contributed by atoms with E-state index in [0.29, 0.717) is 12.3 Å². The Hall–Kier alpha value is -2.01. The summed E-state index contributed by atoms with van der Waals surface area (Å²) >= 11 is 1.64. The van der Waals surface area contributed by atoms with Crippen molar-refractivity contribution in [1.82, 2.24) is 5.32 Å². The maximum atomic E-state index is 12.7. The molecule has 0 aliphatic rings. The van der Waals surface area contributed by atoms with Crippen molar-refractivity contribution in [3.8, 4) is 0 Å². The molecular formula is C16H16FNO2S. The van der Waals surface area contributed by atoms with Crippen molar-refractivity contribution in [1.29, 1.82) is 0 Å². The van der Waals surface area contributed by atoms with Crippen LogP contribution in [0.25, 0.3) is 6.08 Å². The lowest BCUT2D eigenvalue weighted by atomic mass is 10.3. The third-order valence-corrected chi connectivity index (χ3v) is 3.74. The van der Waals surface area contributed by atoms with Crippen LogP contribution in [0.1, 0.15) is 12.2 Å². The summed E-state index contributed by atoms with van der Waals surface area (Å²) in [6.07, 6.45) is 5.49.